The normalized spacial score (nSPS) is 20.1. The van der Waals surface area contributed by atoms with Crippen LogP contribution in [0, 0.1) is 19.8 Å². The number of rotatable bonds is 6. The molecule has 2 aliphatic rings. The lowest BCUT2D eigenvalue weighted by molar-refractivity contribution is 0.102. The van der Waals surface area contributed by atoms with Gasteiger partial charge < -0.3 is 15.5 Å². The molecule has 1 aliphatic carbocycles. The number of nitrogens with one attached hydrogen (secondary N) is 2. The molecule has 3 aromatic rings. The summed E-state index contributed by atoms with van der Waals surface area (Å²) in [5.41, 5.74) is 8.61. The molecule has 4 nitrogen and oxygen atoms in total. The molecule has 0 fully saturated rings. The van der Waals surface area contributed by atoms with Crippen LogP contribution in [0.15, 0.2) is 72.8 Å². The fourth-order valence-corrected chi connectivity index (χ4v) is 5.64. The molecule has 1 aliphatic heterocycles. The first-order chi connectivity index (χ1) is 17.0. The Kier molecular flexibility index (Phi) is 6.38. The van der Waals surface area contributed by atoms with Gasteiger partial charge in [-0.1, -0.05) is 42.5 Å². The van der Waals surface area contributed by atoms with Gasteiger partial charge in [0.1, 0.15) is 0 Å². The Bertz CT molecular complexity index is 1260. The van der Waals surface area contributed by atoms with Crippen molar-refractivity contribution < 1.29 is 4.79 Å². The molecule has 0 saturated carbocycles. The zero-order valence-electron chi connectivity index (χ0n) is 21.1. The topological polar surface area (TPSA) is 44.4 Å². The standard InChI is InChI=1S/C31H35N3O/c1-5-34(6-2)24-17-14-22(15-18-24)29-26-10-7-9-25(26)27-11-8-12-28(30(27)33-29)31(35)32-23-16-13-20(3)21(4)19-23/h7-9,11-19,25-26,29,33H,5-6,10H2,1-4H3,(H,32,35). The van der Waals surface area contributed by atoms with Gasteiger partial charge in [-0.2, -0.15) is 0 Å². The van der Waals surface area contributed by atoms with E-state index in [1.54, 1.807) is 0 Å². The zero-order chi connectivity index (χ0) is 24.5. The van der Waals surface area contributed by atoms with Crippen molar-refractivity contribution in [3.8, 4) is 0 Å². The number of amides is 1. The summed E-state index contributed by atoms with van der Waals surface area (Å²) in [6, 6.07) is 21.3. The van der Waals surface area contributed by atoms with Crippen molar-refractivity contribution in [2.45, 2.75) is 46.1 Å². The minimum absolute atomic E-state index is 0.0753. The number of nitrogens with zero attached hydrogens (tertiary/aromatic N) is 1. The first kappa shape index (κ1) is 23.2. The second kappa shape index (κ2) is 9.61. The number of hydrogen-bond donors (Lipinski definition) is 2. The molecule has 0 aromatic heterocycles. The third-order valence-corrected chi connectivity index (χ3v) is 7.79. The van der Waals surface area contributed by atoms with Crippen molar-refractivity contribution in [2.24, 2.45) is 5.92 Å². The number of anilines is 3. The maximum atomic E-state index is 13.4. The van der Waals surface area contributed by atoms with Crippen LogP contribution in [0.5, 0.6) is 0 Å². The van der Waals surface area contributed by atoms with Crippen LogP contribution >= 0.6 is 0 Å². The average Bonchev–Trinajstić information content (AvgIpc) is 3.37. The van der Waals surface area contributed by atoms with Gasteiger partial charge in [0, 0.05) is 30.4 Å². The van der Waals surface area contributed by atoms with Gasteiger partial charge in [0.15, 0.2) is 0 Å². The van der Waals surface area contributed by atoms with Crippen LogP contribution in [0.3, 0.4) is 0 Å². The summed E-state index contributed by atoms with van der Waals surface area (Å²) in [5, 5.41) is 6.92. The van der Waals surface area contributed by atoms with Crippen LogP contribution in [-0.2, 0) is 0 Å². The molecule has 1 amide bonds. The number of carbonyl (C=O) groups is 1. The summed E-state index contributed by atoms with van der Waals surface area (Å²) in [6.07, 6.45) is 5.66. The smallest absolute Gasteiger partial charge is 0.257 e. The van der Waals surface area contributed by atoms with Gasteiger partial charge >= 0.3 is 0 Å². The van der Waals surface area contributed by atoms with Crippen molar-refractivity contribution in [1.29, 1.82) is 0 Å². The van der Waals surface area contributed by atoms with E-state index in [1.165, 1.54) is 27.9 Å². The predicted octanol–water partition coefficient (Wildman–Crippen LogP) is 7.23. The molecule has 0 bridgehead atoms. The molecule has 0 radical (unpaired) electrons. The summed E-state index contributed by atoms with van der Waals surface area (Å²) in [4.78, 5) is 15.8. The Morgan fingerprint density at radius 1 is 1.00 bits per heavy atom. The number of hydrogen-bond acceptors (Lipinski definition) is 3. The van der Waals surface area contributed by atoms with Crippen LogP contribution in [-0.4, -0.2) is 19.0 Å². The highest BCUT2D eigenvalue weighted by molar-refractivity contribution is 6.08. The average molecular weight is 466 g/mol. The molecule has 3 atom stereocenters. The highest BCUT2D eigenvalue weighted by Gasteiger charge is 2.39. The summed E-state index contributed by atoms with van der Waals surface area (Å²) in [7, 11) is 0. The SMILES string of the molecule is CCN(CC)c1ccc(C2Nc3c(C(=O)Nc4ccc(C)c(C)c4)cccc3C3C=CCC32)cc1. The van der Waals surface area contributed by atoms with Crippen molar-refractivity contribution in [3.05, 3.63) is 101 Å². The molecule has 3 unspecified atom stereocenters. The second-order valence-electron chi connectivity index (χ2n) is 9.76. The molecule has 2 N–H and O–H groups in total. The van der Waals surface area contributed by atoms with Gasteiger partial charge in [-0.15, -0.1) is 0 Å². The minimum atomic E-state index is -0.0753. The lowest BCUT2D eigenvalue weighted by atomic mass is 9.76. The van der Waals surface area contributed by atoms with Crippen molar-refractivity contribution >= 4 is 23.0 Å². The molecule has 4 heteroatoms. The van der Waals surface area contributed by atoms with Crippen molar-refractivity contribution in [2.75, 3.05) is 28.6 Å². The minimum Gasteiger partial charge on any atom is -0.377 e. The third kappa shape index (κ3) is 4.34. The molecular formula is C31H35N3O. The van der Waals surface area contributed by atoms with Gasteiger partial charge in [0.2, 0.25) is 0 Å². The van der Waals surface area contributed by atoms with Crippen LogP contribution in [0.25, 0.3) is 0 Å². The molecular weight excluding hydrogens is 430 g/mol. The summed E-state index contributed by atoms with van der Waals surface area (Å²) >= 11 is 0. The van der Waals surface area contributed by atoms with Crippen LogP contribution in [0.4, 0.5) is 17.1 Å². The fourth-order valence-electron chi connectivity index (χ4n) is 5.64. The van der Waals surface area contributed by atoms with Gasteiger partial charge in [-0.05, 0) is 92.6 Å². The predicted molar refractivity (Wildman–Crippen MR) is 147 cm³/mol. The van der Waals surface area contributed by atoms with Crippen molar-refractivity contribution in [1.82, 2.24) is 0 Å². The highest BCUT2D eigenvalue weighted by Crippen LogP contribution is 2.50. The number of carbonyl (C=O) groups excluding carboxylic acids is 1. The molecule has 1 heterocycles. The van der Waals surface area contributed by atoms with Gasteiger partial charge in [0.05, 0.1) is 17.3 Å². The van der Waals surface area contributed by atoms with Crippen LogP contribution < -0.4 is 15.5 Å². The molecule has 3 aromatic carbocycles. The van der Waals surface area contributed by atoms with E-state index in [0.717, 1.165) is 30.9 Å². The Labute approximate surface area is 209 Å². The number of fused-ring (bicyclic) bond motifs is 3. The van der Waals surface area contributed by atoms with E-state index in [0.29, 0.717) is 17.4 Å². The zero-order valence-corrected chi connectivity index (χ0v) is 21.1. The third-order valence-electron chi connectivity index (χ3n) is 7.79. The second-order valence-corrected chi connectivity index (χ2v) is 9.76. The van der Waals surface area contributed by atoms with Gasteiger partial charge in [-0.25, -0.2) is 0 Å². The molecule has 5 rings (SSSR count). The fraction of sp³-hybridized carbons (Fsp3) is 0.323. The summed E-state index contributed by atoms with van der Waals surface area (Å²) in [6.45, 7) is 10.5. The number of benzene rings is 3. The summed E-state index contributed by atoms with van der Waals surface area (Å²) < 4.78 is 0. The largest absolute Gasteiger partial charge is 0.377 e. The van der Waals surface area contributed by atoms with Crippen LogP contribution in [0.1, 0.15) is 64.8 Å². The van der Waals surface area contributed by atoms with Gasteiger partial charge in [-0.3, -0.25) is 4.79 Å². The first-order valence-electron chi connectivity index (χ1n) is 12.8. The molecule has 0 spiro atoms. The Hall–Kier alpha value is -3.53. The molecule has 0 saturated heterocycles. The van der Waals surface area contributed by atoms with Crippen molar-refractivity contribution in [3.63, 3.8) is 0 Å². The van der Waals surface area contributed by atoms with Crippen LogP contribution in [0.2, 0.25) is 0 Å². The molecule has 35 heavy (non-hydrogen) atoms. The Morgan fingerprint density at radius 3 is 2.49 bits per heavy atom. The number of para-hydroxylation sites is 1. The summed E-state index contributed by atoms with van der Waals surface area (Å²) in [5.74, 6) is 0.682. The Balaban J connectivity index is 1.47. The number of allylic oxidation sites excluding steroid dienone is 2. The maximum Gasteiger partial charge on any atom is 0.257 e. The maximum absolute atomic E-state index is 13.4. The van der Waals surface area contributed by atoms with Gasteiger partial charge in [0.25, 0.3) is 5.91 Å². The van der Waals surface area contributed by atoms with E-state index in [1.807, 2.05) is 24.3 Å². The molecule has 180 valence electrons. The van der Waals surface area contributed by atoms with E-state index in [4.69, 9.17) is 0 Å². The first-order valence-corrected chi connectivity index (χ1v) is 12.8. The van der Waals surface area contributed by atoms with E-state index in [-0.39, 0.29) is 11.9 Å². The lowest BCUT2D eigenvalue weighted by Gasteiger charge is -2.38. The monoisotopic (exact) mass is 465 g/mol. The number of aryl methyl sites for hydroxylation is 2. The van der Waals surface area contributed by atoms with E-state index in [2.05, 4.69) is 91.8 Å². The highest BCUT2D eigenvalue weighted by atomic mass is 16.1. The quantitative estimate of drug-likeness (QED) is 0.378. The van der Waals surface area contributed by atoms with E-state index >= 15 is 0 Å². The lowest BCUT2D eigenvalue weighted by Crippen LogP contribution is -2.31. The Morgan fingerprint density at radius 2 is 1.77 bits per heavy atom. The van der Waals surface area contributed by atoms with E-state index < -0.39 is 0 Å². The van der Waals surface area contributed by atoms with E-state index in [9.17, 15) is 4.79 Å².